The van der Waals surface area contributed by atoms with Crippen molar-refractivity contribution in [3.8, 4) is 0 Å². The molecule has 2 aromatic heterocycles. The Morgan fingerprint density at radius 1 is 1.17 bits per heavy atom. The van der Waals surface area contributed by atoms with Gasteiger partial charge in [0.1, 0.15) is 12.1 Å². The summed E-state index contributed by atoms with van der Waals surface area (Å²) in [6.07, 6.45) is 1.53. The minimum atomic E-state index is -0.925. The van der Waals surface area contributed by atoms with Crippen LogP contribution in [0.15, 0.2) is 58.0 Å². The Balaban J connectivity index is 1.60. The number of carbonyl (C=O) groups is 2. The van der Waals surface area contributed by atoms with Crippen molar-refractivity contribution in [2.24, 2.45) is 5.10 Å². The molecule has 0 saturated heterocycles. The van der Waals surface area contributed by atoms with Crippen molar-refractivity contribution in [3.05, 3.63) is 71.1 Å². The molecule has 0 aliphatic heterocycles. The molecule has 1 amide bonds. The van der Waals surface area contributed by atoms with Crippen molar-refractivity contribution < 1.29 is 19.1 Å². The van der Waals surface area contributed by atoms with Gasteiger partial charge in [-0.05, 0) is 38.1 Å². The maximum Gasteiger partial charge on any atom is 0.323 e. The van der Waals surface area contributed by atoms with Gasteiger partial charge in [-0.1, -0.05) is 29.8 Å². The van der Waals surface area contributed by atoms with E-state index in [0.29, 0.717) is 5.58 Å². The summed E-state index contributed by atoms with van der Waals surface area (Å²) in [6, 6.07) is 14.8. The number of fused-ring (bicyclic) bond motifs is 2. The van der Waals surface area contributed by atoms with Crippen molar-refractivity contribution in [2.45, 2.75) is 20.4 Å². The van der Waals surface area contributed by atoms with E-state index in [9.17, 15) is 14.7 Å². The van der Waals surface area contributed by atoms with Crippen LogP contribution in [-0.2, 0) is 11.3 Å². The molecular formula is C22H19N3O4. The summed E-state index contributed by atoms with van der Waals surface area (Å²) in [4.78, 5) is 23.6. The SMILES string of the molecule is Cc1ccc2oc(C(=O)N/N=C/c3c(C)n(CC(=O)O)c4ccccc34)cc2c1. The summed E-state index contributed by atoms with van der Waals surface area (Å²) < 4.78 is 7.28. The zero-order valence-corrected chi connectivity index (χ0v) is 16.0. The minimum Gasteiger partial charge on any atom is -0.480 e. The fourth-order valence-electron chi connectivity index (χ4n) is 3.44. The lowest BCUT2D eigenvalue weighted by atomic mass is 10.1. The first-order valence-electron chi connectivity index (χ1n) is 9.07. The van der Waals surface area contributed by atoms with Crippen molar-refractivity contribution in [2.75, 3.05) is 0 Å². The smallest absolute Gasteiger partial charge is 0.323 e. The van der Waals surface area contributed by atoms with Gasteiger partial charge in [-0.2, -0.15) is 5.10 Å². The van der Waals surface area contributed by atoms with Gasteiger partial charge in [0.25, 0.3) is 0 Å². The molecule has 0 atom stereocenters. The van der Waals surface area contributed by atoms with Gasteiger partial charge in [-0.15, -0.1) is 0 Å². The van der Waals surface area contributed by atoms with Crippen molar-refractivity contribution in [1.29, 1.82) is 0 Å². The van der Waals surface area contributed by atoms with Crippen LogP contribution in [0.25, 0.3) is 21.9 Å². The Hall–Kier alpha value is -3.87. The second kappa shape index (κ2) is 7.27. The molecule has 4 rings (SSSR count). The standard InChI is InChI=1S/C22H19N3O4/c1-13-7-8-19-15(9-13)10-20(29-19)22(28)24-23-11-17-14(2)25(12-21(26)27)18-6-4-3-5-16(17)18/h3-11H,12H2,1-2H3,(H,24,28)(H,26,27)/b23-11+. The zero-order valence-electron chi connectivity index (χ0n) is 16.0. The highest BCUT2D eigenvalue weighted by atomic mass is 16.4. The molecule has 2 aromatic carbocycles. The third-order valence-corrected chi connectivity index (χ3v) is 4.83. The van der Waals surface area contributed by atoms with Gasteiger partial charge in [0.15, 0.2) is 5.76 Å². The highest BCUT2D eigenvalue weighted by Gasteiger charge is 2.15. The molecule has 4 aromatic rings. The normalized spacial score (nSPS) is 11.5. The van der Waals surface area contributed by atoms with Gasteiger partial charge in [0.2, 0.25) is 0 Å². The number of carboxylic acid groups (broad SMARTS) is 1. The van der Waals surface area contributed by atoms with Crippen LogP contribution in [0.4, 0.5) is 0 Å². The summed E-state index contributed by atoms with van der Waals surface area (Å²) >= 11 is 0. The Morgan fingerprint density at radius 2 is 1.97 bits per heavy atom. The number of aliphatic carboxylic acids is 1. The highest BCUT2D eigenvalue weighted by Crippen LogP contribution is 2.24. The second-order valence-corrected chi connectivity index (χ2v) is 6.85. The average molecular weight is 389 g/mol. The van der Waals surface area contributed by atoms with E-state index in [1.807, 2.05) is 56.3 Å². The summed E-state index contributed by atoms with van der Waals surface area (Å²) in [7, 11) is 0. The number of nitrogens with zero attached hydrogens (tertiary/aromatic N) is 2. The number of aryl methyl sites for hydroxylation is 1. The first-order chi connectivity index (χ1) is 13.9. The second-order valence-electron chi connectivity index (χ2n) is 6.85. The van der Waals surface area contributed by atoms with Crippen LogP contribution in [0.2, 0.25) is 0 Å². The van der Waals surface area contributed by atoms with Crippen LogP contribution in [0.3, 0.4) is 0 Å². The number of amides is 1. The number of para-hydroxylation sites is 1. The predicted molar refractivity (Wildman–Crippen MR) is 110 cm³/mol. The molecule has 0 bridgehead atoms. The number of hydrogen-bond acceptors (Lipinski definition) is 4. The van der Waals surface area contributed by atoms with Gasteiger partial charge in [0.05, 0.1) is 6.21 Å². The molecule has 7 nitrogen and oxygen atoms in total. The van der Waals surface area contributed by atoms with Crippen molar-refractivity contribution in [3.63, 3.8) is 0 Å². The summed E-state index contributed by atoms with van der Waals surface area (Å²) in [5, 5.41) is 15.0. The molecule has 2 N–H and O–H groups in total. The third-order valence-electron chi connectivity index (χ3n) is 4.83. The van der Waals surface area contributed by atoms with Crippen LogP contribution in [-0.4, -0.2) is 27.8 Å². The van der Waals surface area contributed by atoms with E-state index in [2.05, 4.69) is 10.5 Å². The summed E-state index contributed by atoms with van der Waals surface area (Å²) in [6.45, 7) is 3.65. The quantitative estimate of drug-likeness (QED) is 0.400. The van der Waals surface area contributed by atoms with Gasteiger partial charge in [-0.25, -0.2) is 5.43 Å². The molecule has 0 radical (unpaired) electrons. The van der Waals surface area contributed by atoms with Crippen LogP contribution >= 0.6 is 0 Å². The number of carbonyl (C=O) groups excluding carboxylic acids is 1. The topological polar surface area (TPSA) is 96.8 Å². The Bertz CT molecular complexity index is 1280. The minimum absolute atomic E-state index is 0.148. The number of carboxylic acids is 1. The lowest BCUT2D eigenvalue weighted by Gasteiger charge is -2.04. The van der Waals surface area contributed by atoms with Crippen LogP contribution < -0.4 is 5.43 Å². The lowest BCUT2D eigenvalue weighted by molar-refractivity contribution is -0.137. The van der Waals surface area contributed by atoms with Gasteiger partial charge >= 0.3 is 11.9 Å². The van der Waals surface area contributed by atoms with E-state index >= 15 is 0 Å². The van der Waals surface area contributed by atoms with Gasteiger partial charge in [-0.3, -0.25) is 9.59 Å². The fraction of sp³-hybridized carbons (Fsp3) is 0.136. The summed E-state index contributed by atoms with van der Waals surface area (Å²) in [5.74, 6) is -1.21. The maximum absolute atomic E-state index is 12.4. The highest BCUT2D eigenvalue weighted by molar-refractivity contribution is 6.02. The largest absolute Gasteiger partial charge is 0.480 e. The van der Waals surface area contributed by atoms with Gasteiger partial charge < -0.3 is 14.1 Å². The number of furan rings is 1. The van der Waals surface area contributed by atoms with Gasteiger partial charge in [0, 0.05) is 27.5 Å². The average Bonchev–Trinajstić information content (AvgIpc) is 3.22. The number of rotatable bonds is 5. The number of hydrogen-bond donors (Lipinski definition) is 2. The fourth-order valence-corrected chi connectivity index (χ4v) is 3.44. The van der Waals surface area contributed by atoms with Crippen molar-refractivity contribution in [1.82, 2.24) is 9.99 Å². The van der Waals surface area contributed by atoms with E-state index in [-0.39, 0.29) is 12.3 Å². The first kappa shape index (κ1) is 18.5. The number of hydrazone groups is 1. The lowest BCUT2D eigenvalue weighted by Crippen LogP contribution is -2.16. The number of nitrogens with one attached hydrogen (secondary N) is 1. The van der Waals surface area contributed by atoms with E-state index in [1.165, 1.54) is 6.21 Å². The Kier molecular flexibility index (Phi) is 4.64. The van der Waals surface area contributed by atoms with E-state index in [0.717, 1.165) is 33.1 Å². The molecule has 146 valence electrons. The Morgan fingerprint density at radius 3 is 2.76 bits per heavy atom. The van der Waals surface area contributed by atoms with E-state index in [4.69, 9.17) is 4.42 Å². The summed E-state index contributed by atoms with van der Waals surface area (Å²) in [5.41, 5.74) is 6.50. The molecule has 0 aliphatic carbocycles. The monoisotopic (exact) mass is 389 g/mol. The van der Waals surface area contributed by atoms with Crippen molar-refractivity contribution >= 4 is 40.0 Å². The van der Waals surface area contributed by atoms with Crippen LogP contribution in [0, 0.1) is 13.8 Å². The van der Waals surface area contributed by atoms with Crippen LogP contribution in [0.5, 0.6) is 0 Å². The number of benzene rings is 2. The molecule has 0 fully saturated rings. The Labute approximate surface area is 166 Å². The molecule has 0 unspecified atom stereocenters. The maximum atomic E-state index is 12.4. The molecule has 0 saturated carbocycles. The molecule has 0 aliphatic rings. The molecule has 2 heterocycles. The molecule has 0 spiro atoms. The van der Waals surface area contributed by atoms with E-state index < -0.39 is 11.9 Å². The third kappa shape index (κ3) is 3.50. The van der Waals surface area contributed by atoms with E-state index in [1.54, 1.807) is 10.6 Å². The number of aromatic nitrogens is 1. The predicted octanol–water partition coefficient (Wildman–Crippen LogP) is 3.85. The molecule has 7 heteroatoms. The molecular weight excluding hydrogens is 370 g/mol. The first-order valence-corrected chi connectivity index (χ1v) is 9.07. The molecule has 29 heavy (non-hydrogen) atoms. The zero-order chi connectivity index (χ0) is 20.5. The van der Waals surface area contributed by atoms with Crippen LogP contribution in [0.1, 0.15) is 27.4 Å².